The van der Waals surface area contributed by atoms with Crippen molar-refractivity contribution in [3.63, 3.8) is 0 Å². The highest BCUT2D eigenvalue weighted by atomic mass is 32.1. The number of nitrogens with zero attached hydrogens (tertiary/aromatic N) is 1. The van der Waals surface area contributed by atoms with E-state index in [1.54, 1.807) is 13.0 Å². The third-order valence-electron chi connectivity index (χ3n) is 5.55. The fraction of sp³-hybridized carbons (Fsp3) is 0.391. The van der Waals surface area contributed by atoms with Crippen molar-refractivity contribution >= 4 is 39.1 Å². The third-order valence-corrected chi connectivity index (χ3v) is 6.72. The topological polar surface area (TPSA) is 98.5 Å². The largest absolute Gasteiger partial charge is 0.487 e. The number of nitrogens with one attached hydrogen (secondary N) is 1. The molecule has 1 aliphatic rings. The Labute approximate surface area is 183 Å². The second-order valence-corrected chi connectivity index (χ2v) is 9.52. The van der Waals surface area contributed by atoms with Crippen molar-refractivity contribution in [3.8, 4) is 5.75 Å². The molecule has 162 valence electrons. The number of fused-ring (bicyclic) bond motifs is 2. The van der Waals surface area contributed by atoms with Gasteiger partial charge in [0, 0.05) is 18.4 Å². The van der Waals surface area contributed by atoms with Crippen LogP contribution in [0.15, 0.2) is 21.3 Å². The molecule has 2 aromatic heterocycles. The lowest BCUT2D eigenvalue weighted by Crippen LogP contribution is -2.32. The van der Waals surface area contributed by atoms with Crippen LogP contribution < -0.4 is 15.7 Å². The molecule has 31 heavy (non-hydrogen) atoms. The molecule has 4 rings (SSSR count). The molecule has 7 nitrogen and oxygen atoms in total. The summed E-state index contributed by atoms with van der Waals surface area (Å²) in [4.78, 5) is 41.6. The van der Waals surface area contributed by atoms with E-state index in [9.17, 15) is 14.4 Å². The van der Waals surface area contributed by atoms with Gasteiger partial charge >= 0.3 is 5.63 Å². The van der Waals surface area contributed by atoms with Gasteiger partial charge in [-0.3, -0.25) is 9.59 Å². The number of hydrogen-bond acceptors (Lipinski definition) is 7. The summed E-state index contributed by atoms with van der Waals surface area (Å²) in [6.07, 6.45) is 1.62. The standard InChI is InChI=1S/C23H24N2O5S/c1-11-15-8-14-6-7-23(4,5)30-17(14)10-18(15)29-21(28)16(11)9-19(27)25-22-24-12(2)20(31-22)13(3)26/h8,10H,6-7,9H2,1-5H3,(H,24,25,27). The van der Waals surface area contributed by atoms with Gasteiger partial charge in [-0.25, -0.2) is 9.78 Å². The van der Waals surface area contributed by atoms with Crippen molar-refractivity contribution in [2.75, 3.05) is 5.32 Å². The van der Waals surface area contributed by atoms with Gasteiger partial charge in [-0.05, 0) is 57.7 Å². The molecule has 0 aliphatic carbocycles. The van der Waals surface area contributed by atoms with Crippen molar-refractivity contribution in [2.24, 2.45) is 0 Å². The van der Waals surface area contributed by atoms with Crippen molar-refractivity contribution in [2.45, 2.75) is 59.5 Å². The number of amides is 1. The lowest BCUT2D eigenvalue weighted by molar-refractivity contribution is -0.115. The summed E-state index contributed by atoms with van der Waals surface area (Å²) in [7, 11) is 0. The third kappa shape index (κ3) is 4.12. The molecule has 1 aliphatic heterocycles. The van der Waals surface area contributed by atoms with Gasteiger partial charge in [0.25, 0.3) is 0 Å². The molecule has 8 heteroatoms. The highest BCUT2D eigenvalue weighted by molar-refractivity contribution is 7.17. The van der Waals surface area contributed by atoms with E-state index in [1.165, 1.54) is 6.92 Å². The zero-order chi connectivity index (χ0) is 22.5. The normalized spacial score (nSPS) is 14.7. The van der Waals surface area contributed by atoms with Crippen molar-refractivity contribution in [1.82, 2.24) is 4.98 Å². The zero-order valence-corrected chi connectivity index (χ0v) is 19.0. The van der Waals surface area contributed by atoms with Gasteiger partial charge < -0.3 is 14.5 Å². The van der Waals surface area contributed by atoms with E-state index in [2.05, 4.69) is 10.3 Å². The minimum atomic E-state index is -0.546. The molecule has 1 N–H and O–H groups in total. The first-order chi connectivity index (χ1) is 14.5. The molecule has 0 radical (unpaired) electrons. The Morgan fingerprint density at radius 2 is 2.00 bits per heavy atom. The average molecular weight is 441 g/mol. The number of aromatic nitrogens is 1. The predicted molar refractivity (Wildman–Crippen MR) is 119 cm³/mol. The van der Waals surface area contributed by atoms with E-state index in [4.69, 9.17) is 9.15 Å². The van der Waals surface area contributed by atoms with Crippen molar-refractivity contribution in [1.29, 1.82) is 0 Å². The Morgan fingerprint density at radius 3 is 2.68 bits per heavy atom. The molecule has 3 heterocycles. The first-order valence-corrected chi connectivity index (χ1v) is 10.9. The van der Waals surface area contributed by atoms with Crippen LogP contribution in [0.5, 0.6) is 5.75 Å². The highest BCUT2D eigenvalue weighted by Crippen LogP contribution is 2.36. The Kier molecular flexibility index (Phi) is 5.21. The number of Topliss-reactive ketones (excluding diaryl/α,β-unsaturated/α-hetero) is 1. The maximum atomic E-state index is 12.6. The summed E-state index contributed by atoms with van der Waals surface area (Å²) in [5.74, 6) is 0.246. The molecule has 0 atom stereocenters. The van der Waals surface area contributed by atoms with Crippen LogP contribution in [0.4, 0.5) is 5.13 Å². The minimum Gasteiger partial charge on any atom is -0.487 e. The maximum absolute atomic E-state index is 12.6. The summed E-state index contributed by atoms with van der Waals surface area (Å²) < 4.78 is 11.6. The number of ketones is 1. The summed E-state index contributed by atoms with van der Waals surface area (Å²) in [6, 6.07) is 3.76. The SMILES string of the molecule is CC(=O)c1sc(NC(=O)Cc2c(C)c3cc4c(cc3oc2=O)OC(C)(C)CC4)nc1C. The zero-order valence-electron chi connectivity index (χ0n) is 18.2. The molecule has 0 saturated heterocycles. The summed E-state index contributed by atoms with van der Waals surface area (Å²) in [5, 5.41) is 3.82. The van der Waals surface area contributed by atoms with E-state index >= 15 is 0 Å². The van der Waals surface area contributed by atoms with E-state index in [0.29, 0.717) is 32.4 Å². The van der Waals surface area contributed by atoms with E-state index in [0.717, 1.165) is 40.9 Å². The van der Waals surface area contributed by atoms with E-state index in [1.807, 2.05) is 26.8 Å². The van der Waals surface area contributed by atoms with E-state index < -0.39 is 5.63 Å². The fourth-order valence-corrected chi connectivity index (χ4v) is 4.72. The number of thiazole rings is 1. The monoisotopic (exact) mass is 440 g/mol. The Balaban J connectivity index is 1.63. The Hall–Kier alpha value is -3.00. The molecular weight excluding hydrogens is 416 g/mol. The van der Waals surface area contributed by atoms with Crippen LogP contribution in [0.2, 0.25) is 0 Å². The average Bonchev–Trinajstić information content (AvgIpc) is 3.03. The number of hydrogen-bond donors (Lipinski definition) is 1. The molecule has 0 spiro atoms. The van der Waals surface area contributed by atoms with Crippen molar-refractivity contribution in [3.05, 3.63) is 49.8 Å². The van der Waals surface area contributed by atoms with Crippen LogP contribution in [0, 0.1) is 13.8 Å². The van der Waals surface area contributed by atoms with E-state index in [-0.39, 0.29) is 23.7 Å². The number of aryl methyl sites for hydroxylation is 3. The lowest BCUT2D eigenvalue weighted by Gasteiger charge is -2.32. The quantitative estimate of drug-likeness (QED) is 0.478. The van der Waals surface area contributed by atoms with Crippen LogP contribution in [0.1, 0.15) is 59.2 Å². The van der Waals surface area contributed by atoms with Crippen LogP contribution in [-0.4, -0.2) is 22.3 Å². The van der Waals surface area contributed by atoms with Crippen LogP contribution in [0.3, 0.4) is 0 Å². The van der Waals surface area contributed by atoms with Gasteiger partial charge in [-0.2, -0.15) is 0 Å². The van der Waals surface area contributed by atoms with Gasteiger partial charge in [-0.1, -0.05) is 11.3 Å². The fourth-order valence-electron chi connectivity index (χ4n) is 3.84. The van der Waals surface area contributed by atoms with Gasteiger partial charge in [0.15, 0.2) is 10.9 Å². The smallest absolute Gasteiger partial charge is 0.340 e. The maximum Gasteiger partial charge on any atom is 0.340 e. The second-order valence-electron chi connectivity index (χ2n) is 8.53. The minimum absolute atomic E-state index is 0.0998. The van der Waals surface area contributed by atoms with Crippen LogP contribution >= 0.6 is 11.3 Å². The number of carbonyl (C=O) groups is 2. The highest BCUT2D eigenvalue weighted by Gasteiger charge is 2.28. The second kappa shape index (κ2) is 7.60. The van der Waals surface area contributed by atoms with Crippen LogP contribution in [-0.2, 0) is 17.6 Å². The number of carbonyl (C=O) groups excluding carboxylic acids is 2. The molecule has 3 aromatic rings. The Morgan fingerprint density at radius 1 is 1.26 bits per heavy atom. The van der Waals surface area contributed by atoms with Gasteiger partial charge in [0.1, 0.15) is 16.9 Å². The lowest BCUT2D eigenvalue weighted by atomic mass is 9.92. The number of rotatable bonds is 4. The molecule has 1 amide bonds. The van der Waals surface area contributed by atoms with Gasteiger partial charge in [-0.15, -0.1) is 0 Å². The number of anilines is 1. The predicted octanol–water partition coefficient (Wildman–Crippen LogP) is 4.35. The van der Waals surface area contributed by atoms with Gasteiger partial charge in [0.2, 0.25) is 5.91 Å². The molecule has 0 unspecified atom stereocenters. The summed E-state index contributed by atoms with van der Waals surface area (Å²) in [6.45, 7) is 9.07. The van der Waals surface area contributed by atoms with Crippen LogP contribution in [0.25, 0.3) is 11.0 Å². The molecule has 0 saturated carbocycles. The molecule has 1 aromatic carbocycles. The van der Waals surface area contributed by atoms with Crippen molar-refractivity contribution < 1.29 is 18.7 Å². The van der Waals surface area contributed by atoms with Gasteiger partial charge in [0.05, 0.1) is 22.6 Å². The molecule has 0 fully saturated rings. The summed E-state index contributed by atoms with van der Waals surface area (Å²) in [5.41, 5.74) is 2.30. The number of benzene rings is 1. The molecule has 0 bridgehead atoms. The first kappa shape index (κ1) is 21.2. The first-order valence-electron chi connectivity index (χ1n) is 10.1. The summed E-state index contributed by atoms with van der Waals surface area (Å²) >= 11 is 1.12. The Bertz CT molecular complexity index is 1290. The molecular formula is C23H24N2O5S. The number of ether oxygens (including phenoxy) is 1.